The summed E-state index contributed by atoms with van der Waals surface area (Å²) in [6, 6.07) is 17.2. The molecule has 0 radical (unpaired) electrons. The summed E-state index contributed by atoms with van der Waals surface area (Å²) in [5.41, 5.74) is 1.69. The average molecular weight is 467 g/mol. The Morgan fingerprint density at radius 1 is 0.862 bits per heavy atom. The summed E-state index contributed by atoms with van der Waals surface area (Å²) in [4.78, 5) is 24.9. The third-order valence-corrected chi connectivity index (χ3v) is 6.12. The first-order valence-corrected chi connectivity index (χ1v) is 10.3. The lowest BCUT2D eigenvalue weighted by Crippen LogP contribution is -2.11. The van der Waals surface area contributed by atoms with Crippen LogP contribution in [0, 0.1) is 0 Å². The van der Waals surface area contributed by atoms with Crippen LogP contribution in [0.15, 0.2) is 70.5 Å². The zero-order valence-electron chi connectivity index (χ0n) is 14.8. The highest BCUT2D eigenvalue weighted by Gasteiger charge is 2.10. The van der Waals surface area contributed by atoms with Crippen LogP contribution in [-0.4, -0.2) is 17.0 Å². The van der Waals surface area contributed by atoms with E-state index in [-0.39, 0.29) is 12.3 Å². The van der Waals surface area contributed by atoms with Gasteiger partial charge in [0.25, 0.3) is 5.91 Å². The van der Waals surface area contributed by atoms with Gasteiger partial charge in [-0.2, -0.15) is 0 Å². The highest BCUT2D eigenvalue weighted by atomic mass is 35.5. The topological polar surface area (TPSA) is 66.4 Å². The number of halogens is 3. The second-order valence-electron chi connectivity index (χ2n) is 6.04. The number of hydrogen-bond acceptors (Lipinski definition) is 3. The van der Waals surface area contributed by atoms with Gasteiger partial charge in [0.1, 0.15) is 0 Å². The van der Waals surface area contributed by atoms with Crippen molar-refractivity contribution >= 4 is 64.1 Å². The molecular formula is C21H14Cl3NO3S. The van der Waals surface area contributed by atoms with Crippen LogP contribution >= 0.6 is 46.6 Å². The molecule has 3 rings (SSSR count). The summed E-state index contributed by atoms with van der Waals surface area (Å²) in [7, 11) is 0. The van der Waals surface area contributed by atoms with Gasteiger partial charge >= 0.3 is 5.97 Å². The molecule has 0 atom stereocenters. The molecule has 2 N–H and O–H groups in total. The fourth-order valence-corrected chi connectivity index (χ4v) is 3.92. The van der Waals surface area contributed by atoms with E-state index in [1.165, 1.54) is 17.8 Å². The number of anilines is 1. The van der Waals surface area contributed by atoms with Crippen LogP contribution in [0.5, 0.6) is 0 Å². The van der Waals surface area contributed by atoms with Crippen molar-refractivity contribution in [3.63, 3.8) is 0 Å². The Labute approximate surface area is 186 Å². The smallest absolute Gasteiger partial charge is 0.307 e. The Hall–Kier alpha value is -2.18. The molecule has 0 fully saturated rings. The van der Waals surface area contributed by atoms with Gasteiger partial charge in [-0.15, -0.1) is 0 Å². The number of hydrogen-bond donors (Lipinski definition) is 2. The molecule has 0 aliphatic rings. The quantitative estimate of drug-likeness (QED) is 0.425. The van der Waals surface area contributed by atoms with Crippen molar-refractivity contribution in [2.75, 3.05) is 5.32 Å². The van der Waals surface area contributed by atoms with Gasteiger partial charge < -0.3 is 10.4 Å². The van der Waals surface area contributed by atoms with Crippen molar-refractivity contribution in [2.24, 2.45) is 0 Å². The number of carboxylic acids is 1. The minimum absolute atomic E-state index is 0.0715. The fourth-order valence-electron chi connectivity index (χ4n) is 2.49. The molecule has 3 aromatic rings. The first-order valence-electron chi connectivity index (χ1n) is 8.36. The van der Waals surface area contributed by atoms with E-state index in [4.69, 9.17) is 39.9 Å². The summed E-state index contributed by atoms with van der Waals surface area (Å²) in [6.07, 6.45) is -0.0715. The molecule has 148 valence electrons. The second kappa shape index (κ2) is 9.55. The maximum Gasteiger partial charge on any atom is 0.307 e. The number of carbonyl (C=O) groups excluding carboxylic acids is 1. The van der Waals surface area contributed by atoms with E-state index in [1.54, 1.807) is 42.5 Å². The number of nitrogens with one attached hydrogen (secondary N) is 1. The van der Waals surface area contributed by atoms with Crippen LogP contribution in [0.2, 0.25) is 15.1 Å². The van der Waals surface area contributed by atoms with Gasteiger partial charge in [-0.05, 0) is 60.2 Å². The van der Waals surface area contributed by atoms with E-state index in [2.05, 4.69) is 5.32 Å². The minimum atomic E-state index is -0.903. The Morgan fingerprint density at radius 2 is 1.59 bits per heavy atom. The lowest BCUT2D eigenvalue weighted by Gasteiger charge is -2.09. The first kappa shape index (κ1) is 21.5. The molecule has 0 bridgehead atoms. The van der Waals surface area contributed by atoms with Crippen LogP contribution < -0.4 is 5.32 Å². The molecule has 0 aliphatic heterocycles. The highest BCUT2D eigenvalue weighted by Crippen LogP contribution is 2.34. The van der Waals surface area contributed by atoms with Crippen molar-refractivity contribution in [3.05, 3.63) is 86.9 Å². The molecule has 4 nitrogen and oxygen atoms in total. The van der Waals surface area contributed by atoms with Gasteiger partial charge in [0, 0.05) is 21.0 Å². The Balaban J connectivity index is 1.66. The molecule has 0 heterocycles. The van der Waals surface area contributed by atoms with Gasteiger partial charge in [-0.1, -0.05) is 52.6 Å². The van der Waals surface area contributed by atoms with Crippen LogP contribution in [0.25, 0.3) is 0 Å². The zero-order valence-corrected chi connectivity index (χ0v) is 17.9. The molecule has 0 saturated carbocycles. The predicted molar refractivity (Wildman–Crippen MR) is 118 cm³/mol. The van der Waals surface area contributed by atoms with Crippen LogP contribution in [-0.2, 0) is 11.2 Å². The van der Waals surface area contributed by atoms with Gasteiger partial charge in [-0.25, -0.2) is 0 Å². The fraction of sp³-hybridized carbons (Fsp3) is 0.0476. The Kier molecular flexibility index (Phi) is 7.09. The maximum atomic E-state index is 12.3. The number of carboxylic acid groups (broad SMARTS) is 1. The molecule has 0 spiro atoms. The monoisotopic (exact) mass is 465 g/mol. The Morgan fingerprint density at radius 3 is 2.21 bits per heavy atom. The number of rotatable bonds is 6. The van der Waals surface area contributed by atoms with Gasteiger partial charge in [-0.3, -0.25) is 9.59 Å². The number of benzene rings is 3. The minimum Gasteiger partial charge on any atom is -0.481 e. The summed E-state index contributed by atoms with van der Waals surface area (Å²) in [5.74, 6) is -1.19. The van der Waals surface area contributed by atoms with Gasteiger partial charge in [0.05, 0.1) is 21.5 Å². The van der Waals surface area contributed by atoms with E-state index >= 15 is 0 Å². The van der Waals surface area contributed by atoms with E-state index < -0.39 is 5.97 Å². The summed E-state index contributed by atoms with van der Waals surface area (Å²) >= 11 is 19.5. The molecule has 0 aromatic heterocycles. The van der Waals surface area contributed by atoms with Gasteiger partial charge in [0.2, 0.25) is 0 Å². The second-order valence-corrected chi connectivity index (χ2v) is 8.38. The van der Waals surface area contributed by atoms with Crippen molar-refractivity contribution in [1.29, 1.82) is 0 Å². The van der Waals surface area contributed by atoms with Gasteiger partial charge in [0.15, 0.2) is 0 Å². The number of carbonyl (C=O) groups is 2. The molecular weight excluding hydrogens is 453 g/mol. The maximum absolute atomic E-state index is 12.3. The molecule has 1 amide bonds. The molecule has 29 heavy (non-hydrogen) atoms. The lowest BCUT2D eigenvalue weighted by atomic mass is 10.1. The predicted octanol–water partition coefficient (Wildman–Crippen LogP) is 6.68. The molecule has 3 aromatic carbocycles. The van der Waals surface area contributed by atoms with Crippen molar-refractivity contribution in [2.45, 2.75) is 16.2 Å². The standard InChI is InChI=1S/C21H14Cl3NO3S/c22-16-7-2-13(11-17(16)23)21(28)25-14-3-5-15(6-4-14)29-19-8-1-12(9-18(19)24)10-20(26)27/h1-9,11H,10H2,(H,25,28)(H,26,27). The number of amides is 1. The molecule has 8 heteroatoms. The third-order valence-electron chi connectivity index (χ3n) is 3.87. The average Bonchev–Trinajstić information content (AvgIpc) is 2.67. The van der Waals surface area contributed by atoms with E-state index in [1.807, 2.05) is 12.1 Å². The first-order chi connectivity index (χ1) is 13.8. The van der Waals surface area contributed by atoms with E-state index in [0.29, 0.717) is 31.9 Å². The highest BCUT2D eigenvalue weighted by molar-refractivity contribution is 7.99. The third kappa shape index (κ3) is 5.90. The zero-order chi connectivity index (χ0) is 21.0. The molecule has 0 unspecified atom stereocenters. The molecule has 0 saturated heterocycles. The van der Waals surface area contributed by atoms with E-state index in [0.717, 1.165) is 9.79 Å². The van der Waals surface area contributed by atoms with Crippen LogP contribution in [0.1, 0.15) is 15.9 Å². The molecule has 0 aliphatic carbocycles. The summed E-state index contributed by atoms with van der Waals surface area (Å²) in [5, 5.41) is 12.9. The Bertz CT molecular complexity index is 1070. The number of aliphatic carboxylic acids is 1. The summed E-state index contributed by atoms with van der Waals surface area (Å²) in [6.45, 7) is 0. The lowest BCUT2D eigenvalue weighted by molar-refractivity contribution is -0.136. The van der Waals surface area contributed by atoms with Crippen molar-refractivity contribution in [1.82, 2.24) is 0 Å². The van der Waals surface area contributed by atoms with E-state index in [9.17, 15) is 9.59 Å². The normalized spacial score (nSPS) is 10.6. The summed E-state index contributed by atoms with van der Waals surface area (Å²) < 4.78 is 0. The largest absolute Gasteiger partial charge is 0.481 e. The van der Waals surface area contributed by atoms with Crippen LogP contribution in [0.4, 0.5) is 5.69 Å². The SMILES string of the molecule is O=C(O)Cc1ccc(Sc2ccc(NC(=O)c3ccc(Cl)c(Cl)c3)cc2)c(Cl)c1. The van der Waals surface area contributed by atoms with Crippen LogP contribution in [0.3, 0.4) is 0 Å². The van der Waals surface area contributed by atoms with Crippen molar-refractivity contribution in [3.8, 4) is 0 Å². The van der Waals surface area contributed by atoms with Crippen molar-refractivity contribution < 1.29 is 14.7 Å².